The number of hydrogen-bond donors (Lipinski definition) is 1. The lowest BCUT2D eigenvalue weighted by Gasteiger charge is -2.09. The molecule has 19 heavy (non-hydrogen) atoms. The van der Waals surface area contributed by atoms with E-state index >= 15 is 0 Å². The van der Waals surface area contributed by atoms with E-state index in [1.54, 1.807) is 18.2 Å². The molecule has 0 unspecified atom stereocenters. The molecule has 0 aliphatic heterocycles. The first-order chi connectivity index (χ1) is 9.10. The van der Waals surface area contributed by atoms with Crippen LogP contribution < -0.4 is 4.74 Å². The van der Waals surface area contributed by atoms with Gasteiger partial charge in [-0.2, -0.15) is 0 Å². The van der Waals surface area contributed by atoms with E-state index in [0.717, 1.165) is 0 Å². The lowest BCUT2D eigenvalue weighted by molar-refractivity contribution is 0.275. The van der Waals surface area contributed by atoms with Crippen molar-refractivity contribution in [2.75, 3.05) is 0 Å². The Labute approximate surface area is 117 Å². The Morgan fingerprint density at radius 1 is 1.05 bits per heavy atom. The predicted molar refractivity (Wildman–Crippen MR) is 70.8 cm³/mol. The summed E-state index contributed by atoms with van der Waals surface area (Å²) in [6.45, 7) is -0.299. The van der Waals surface area contributed by atoms with Gasteiger partial charge in [0, 0.05) is 10.0 Å². The molecule has 5 heteroatoms. The lowest BCUT2D eigenvalue weighted by atomic mass is 10.2. The van der Waals surface area contributed by atoms with Gasteiger partial charge < -0.3 is 9.84 Å². The topological polar surface area (TPSA) is 29.5 Å². The number of aliphatic hydroxyl groups excluding tert-OH is 1. The zero-order valence-electron chi connectivity index (χ0n) is 9.87. The van der Waals surface area contributed by atoms with Gasteiger partial charge in [-0.05, 0) is 29.8 Å². The molecule has 0 bridgehead atoms. The Bertz CT molecular complexity index is 588. The van der Waals surface area contributed by atoms with Crippen LogP contribution in [0.3, 0.4) is 0 Å². The van der Waals surface area contributed by atoms with Gasteiger partial charge in [0.25, 0.3) is 0 Å². The van der Waals surface area contributed by atoms with Crippen molar-refractivity contribution in [3.63, 3.8) is 0 Å². The number of rotatable bonds is 4. The van der Waals surface area contributed by atoms with Gasteiger partial charge in [-0.3, -0.25) is 0 Å². The van der Waals surface area contributed by atoms with Gasteiger partial charge in [-0.15, -0.1) is 0 Å². The van der Waals surface area contributed by atoms with Crippen LogP contribution in [0.5, 0.6) is 5.75 Å². The van der Waals surface area contributed by atoms with Gasteiger partial charge in [-0.1, -0.05) is 28.1 Å². The van der Waals surface area contributed by atoms with Crippen LogP contribution in [0.15, 0.2) is 40.9 Å². The molecule has 0 atom stereocenters. The second-order valence-corrected chi connectivity index (χ2v) is 4.86. The van der Waals surface area contributed by atoms with Crippen LogP contribution in [0.2, 0.25) is 0 Å². The Morgan fingerprint density at radius 2 is 1.84 bits per heavy atom. The van der Waals surface area contributed by atoms with Crippen molar-refractivity contribution in [2.24, 2.45) is 0 Å². The molecule has 2 aromatic rings. The van der Waals surface area contributed by atoms with Gasteiger partial charge in [0.05, 0.1) is 6.61 Å². The quantitative estimate of drug-likeness (QED) is 0.925. The maximum absolute atomic E-state index is 13.6. The molecule has 0 fully saturated rings. The molecule has 0 aromatic heterocycles. The highest BCUT2D eigenvalue weighted by molar-refractivity contribution is 9.10. The molecule has 100 valence electrons. The van der Waals surface area contributed by atoms with Crippen molar-refractivity contribution in [1.29, 1.82) is 0 Å². The highest BCUT2D eigenvalue weighted by Crippen LogP contribution is 2.21. The van der Waals surface area contributed by atoms with Crippen molar-refractivity contribution >= 4 is 15.9 Å². The van der Waals surface area contributed by atoms with Crippen molar-refractivity contribution in [1.82, 2.24) is 0 Å². The summed E-state index contributed by atoms with van der Waals surface area (Å²) in [5, 5.41) is 8.86. The molecular formula is C14H11BrF2O2. The number of ether oxygens (including phenoxy) is 1. The third kappa shape index (κ3) is 3.52. The van der Waals surface area contributed by atoms with E-state index in [2.05, 4.69) is 15.9 Å². The molecule has 0 amide bonds. The Balaban J connectivity index is 2.10. The van der Waals surface area contributed by atoms with Gasteiger partial charge in [0.2, 0.25) is 0 Å². The third-order valence-electron chi connectivity index (χ3n) is 2.58. The summed E-state index contributed by atoms with van der Waals surface area (Å²) in [6.07, 6.45) is 0. The average molecular weight is 329 g/mol. The summed E-state index contributed by atoms with van der Waals surface area (Å²) in [7, 11) is 0. The molecule has 0 saturated heterocycles. The molecule has 0 heterocycles. The van der Waals surface area contributed by atoms with Crippen molar-refractivity contribution < 1.29 is 18.6 Å². The monoisotopic (exact) mass is 328 g/mol. The minimum atomic E-state index is -0.580. The maximum atomic E-state index is 13.6. The highest BCUT2D eigenvalue weighted by atomic mass is 79.9. The second-order valence-electron chi connectivity index (χ2n) is 3.95. The summed E-state index contributed by atoms with van der Waals surface area (Å²) in [5.74, 6) is -0.967. The van der Waals surface area contributed by atoms with E-state index in [0.29, 0.717) is 15.6 Å². The fourth-order valence-electron chi connectivity index (χ4n) is 1.55. The standard InChI is InChI=1S/C14H11BrF2O2/c15-11-3-2-10(12(16)6-11)8-19-14-4-1-9(7-18)5-13(14)17/h1-6,18H,7-8H2. The first-order valence-electron chi connectivity index (χ1n) is 5.56. The van der Waals surface area contributed by atoms with Crippen LogP contribution in [0.1, 0.15) is 11.1 Å². The first kappa shape index (κ1) is 14.0. The Hall–Kier alpha value is -1.46. The van der Waals surface area contributed by atoms with E-state index in [9.17, 15) is 8.78 Å². The van der Waals surface area contributed by atoms with Crippen molar-refractivity contribution in [3.05, 3.63) is 63.6 Å². The number of aliphatic hydroxyl groups is 1. The first-order valence-corrected chi connectivity index (χ1v) is 6.35. The molecule has 2 rings (SSSR count). The van der Waals surface area contributed by atoms with Gasteiger partial charge in [-0.25, -0.2) is 8.78 Å². The SMILES string of the molecule is OCc1ccc(OCc2ccc(Br)cc2F)c(F)c1. The highest BCUT2D eigenvalue weighted by Gasteiger charge is 2.07. The maximum Gasteiger partial charge on any atom is 0.165 e. The summed E-state index contributed by atoms with van der Waals surface area (Å²) >= 11 is 3.16. The van der Waals surface area contributed by atoms with E-state index in [-0.39, 0.29) is 19.0 Å². The molecule has 1 N–H and O–H groups in total. The Kier molecular flexibility index (Phi) is 4.50. The molecule has 0 radical (unpaired) electrons. The van der Waals surface area contributed by atoms with E-state index in [1.165, 1.54) is 18.2 Å². The van der Waals surface area contributed by atoms with Gasteiger partial charge in [0.1, 0.15) is 12.4 Å². The summed E-state index contributed by atoms with van der Waals surface area (Å²) in [6, 6.07) is 8.73. The van der Waals surface area contributed by atoms with Crippen LogP contribution >= 0.6 is 15.9 Å². The third-order valence-corrected chi connectivity index (χ3v) is 3.07. The minimum Gasteiger partial charge on any atom is -0.486 e. The largest absolute Gasteiger partial charge is 0.486 e. The summed E-state index contributed by atoms with van der Waals surface area (Å²) < 4.78 is 33.0. The number of hydrogen-bond acceptors (Lipinski definition) is 2. The summed E-state index contributed by atoms with van der Waals surface area (Å²) in [5.41, 5.74) is 0.800. The smallest absolute Gasteiger partial charge is 0.165 e. The Morgan fingerprint density at radius 3 is 2.47 bits per heavy atom. The molecule has 0 spiro atoms. The fourth-order valence-corrected chi connectivity index (χ4v) is 1.89. The van der Waals surface area contributed by atoms with Crippen LogP contribution in [0.4, 0.5) is 8.78 Å². The molecule has 2 nitrogen and oxygen atoms in total. The van der Waals surface area contributed by atoms with Crippen molar-refractivity contribution in [2.45, 2.75) is 13.2 Å². The average Bonchev–Trinajstić information content (AvgIpc) is 2.39. The van der Waals surface area contributed by atoms with E-state index in [4.69, 9.17) is 9.84 Å². The van der Waals surface area contributed by atoms with Crippen LogP contribution in [0.25, 0.3) is 0 Å². The molecule has 2 aromatic carbocycles. The second kappa shape index (κ2) is 6.12. The predicted octanol–water partition coefficient (Wildman–Crippen LogP) is 3.80. The normalized spacial score (nSPS) is 10.5. The fraction of sp³-hybridized carbons (Fsp3) is 0.143. The number of halogens is 3. The van der Waals surface area contributed by atoms with E-state index in [1.807, 2.05) is 0 Å². The van der Waals surface area contributed by atoms with Gasteiger partial charge in [0.15, 0.2) is 11.6 Å². The zero-order chi connectivity index (χ0) is 13.8. The van der Waals surface area contributed by atoms with E-state index < -0.39 is 11.6 Å². The molecule has 0 saturated carbocycles. The van der Waals surface area contributed by atoms with Crippen LogP contribution in [-0.4, -0.2) is 5.11 Å². The zero-order valence-corrected chi connectivity index (χ0v) is 11.5. The van der Waals surface area contributed by atoms with Crippen LogP contribution in [0, 0.1) is 11.6 Å². The molecule has 0 aliphatic rings. The molecular weight excluding hydrogens is 318 g/mol. The van der Waals surface area contributed by atoms with Crippen LogP contribution in [-0.2, 0) is 13.2 Å². The lowest BCUT2D eigenvalue weighted by Crippen LogP contribution is -2.00. The molecule has 0 aliphatic carbocycles. The number of benzene rings is 2. The minimum absolute atomic E-state index is 0.0273. The van der Waals surface area contributed by atoms with Crippen molar-refractivity contribution in [3.8, 4) is 5.75 Å². The van der Waals surface area contributed by atoms with Gasteiger partial charge >= 0.3 is 0 Å². The summed E-state index contributed by atoms with van der Waals surface area (Å²) in [4.78, 5) is 0.